The summed E-state index contributed by atoms with van der Waals surface area (Å²) in [4.78, 5) is 12.4. The van der Waals surface area contributed by atoms with Crippen molar-refractivity contribution in [3.05, 3.63) is 18.2 Å². The number of hydrogen-bond acceptors (Lipinski definition) is 5. The third kappa shape index (κ3) is 5.34. The molecule has 7 nitrogen and oxygen atoms in total. The molecular weight excluding hydrogens is 390 g/mol. The molecule has 0 saturated carbocycles. The largest absolute Gasteiger partial charge is 0.495 e. The van der Waals surface area contributed by atoms with Crippen LogP contribution >= 0.6 is 12.4 Å². The summed E-state index contributed by atoms with van der Waals surface area (Å²) in [5, 5.41) is 6.10. The highest BCUT2D eigenvalue weighted by atomic mass is 35.5. The van der Waals surface area contributed by atoms with Crippen molar-refractivity contribution in [3.8, 4) is 5.75 Å². The number of nitrogens with zero attached hydrogens (tertiary/aromatic N) is 1. The molecule has 0 bridgehead atoms. The summed E-state index contributed by atoms with van der Waals surface area (Å²) in [6.45, 7) is 1.99. The number of nitrogens with one attached hydrogen (secondary N) is 2. The van der Waals surface area contributed by atoms with Crippen LogP contribution < -0.4 is 15.4 Å². The number of piperidine rings is 1. The molecule has 152 valence electrons. The maximum absolute atomic E-state index is 13.0. The van der Waals surface area contributed by atoms with Gasteiger partial charge in [0.1, 0.15) is 10.6 Å². The minimum atomic E-state index is -3.64. The zero-order valence-corrected chi connectivity index (χ0v) is 17.2. The lowest BCUT2D eigenvalue weighted by molar-refractivity contribution is -0.116. The SMILES string of the molecule is COc1ccc(NC(=O)CC2CCCN2)cc1S(=O)(=O)N1CCCCC1.Cl. The Labute approximate surface area is 167 Å². The summed E-state index contributed by atoms with van der Waals surface area (Å²) >= 11 is 0. The van der Waals surface area contributed by atoms with Gasteiger partial charge < -0.3 is 15.4 Å². The molecule has 0 aromatic heterocycles. The van der Waals surface area contributed by atoms with Gasteiger partial charge in [0.2, 0.25) is 15.9 Å². The Bertz CT molecular complexity index is 745. The van der Waals surface area contributed by atoms with E-state index < -0.39 is 10.0 Å². The topological polar surface area (TPSA) is 87.7 Å². The minimum Gasteiger partial charge on any atom is -0.495 e. The number of carbonyl (C=O) groups is 1. The first-order chi connectivity index (χ1) is 12.5. The van der Waals surface area contributed by atoms with Gasteiger partial charge in [-0.05, 0) is 50.4 Å². The van der Waals surface area contributed by atoms with E-state index in [0.717, 1.165) is 38.6 Å². The van der Waals surface area contributed by atoms with Gasteiger partial charge in [0.05, 0.1) is 7.11 Å². The van der Waals surface area contributed by atoms with Gasteiger partial charge in [0.15, 0.2) is 0 Å². The quantitative estimate of drug-likeness (QED) is 0.741. The van der Waals surface area contributed by atoms with E-state index in [1.165, 1.54) is 17.5 Å². The van der Waals surface area contributed by atoms with Gasteiger partial charge in [-0.25, -0.2) is 8.42 Å². The standard InChI is InChI=1S/C18H27N3O4S.ClH/c1-25-16-8-7-15(20-18(22)13-14-6-5-9-19-14)12-17(16)26(23,24)21-10-3-2-4-11-21;/h7-8,12,14,19H,2-6,9-11,13H2,1H3,(H,20,22);1H. The van der Waals surface area contributed by atoms with E-state index in [9.17, 15) is 13.2 Å². The molecule has 3 rings (SSSR count). The zero-order valence-electron chi connectivity index (χ0n) is 15.6. The third-order valence-electron chi connectivity index (χ3n) is 4.97. The van der Waals surface area contributed by atoms with Crippen LogP contribution in [0.2, 0.25) is 0 Å². The van der Waals surface area contributed by atoms with Gasteiger partial charge in [0.25, 0.3) is 0 Å². The number of amides is 1. The summed E-state index contributed by atoms with van der Waals surface area (Å²) in [5.74, 6) is 0.182. The lowest BCUT2D eigenvalue weighted by atomic mass is 10.1. The first-order valence-electron chi connectivity index (χ1n) is 9.22. The maximum Gasteiger partial charge on any atom is 0.246 e. The second-order valence-electron chi connectivity index (χ2n) is 6.88. The Morgan fingerprint density at radius 2 is 2.00 bits per heavy atom. The first kappa shape index (κ1) is 21.9. The zero-order chi connectivity index (χ0) is 18.6. The molecule has 0 spiro atoms. The number of sulfonamides is 1. The maximum atomic E-state index is 13.0. The molecule has 2 heterocycles. The van der Waals surface area contributed by atoms with E-state index in [0.29, 0.717) is 30.9 Å². The van der Waals surface area contributed by atoms with Gasteiger partial charge in [-0.1, -0.05) is 6.42 Å². The molecule has 2 aliphatic heterocycles. The Morgan fingerprint density at radius 3 is 2.63 bits per heavy atom. The molecule has 1 aromatic rings. The van der Waals surface area contributed by atoms with Crippen molar-refractivity contribution in [1.82, 2.24) is 9.62 Å². The molecule has 2 saturated heterocycles. The summed E-state index contributed by atoms with van der Waals surface area (Å²) in [5.41, 5.74) is 0.476. The number of methoxy groups -OCH3 is 1. The van der Waals surface area contributed by atoms with Gasteiger partial charge in [-0.2, -0.15) is 4.31 Å². The van der Waals surface area contributed by atoms with E-state index in [-0.39, 0.29) is 29.3 Å². The fourth-order valence-corrected chi connectivity index (χ4v) is 5.27. The molecule has 9 heteroatoms. The molecule has 1 amide bonds. The Morgan fingerprint density at radius 1 is 1.26 bits per heavy atom. The Hall–Kier alpha value is -1.35. The van der Waals surface area contributed by atoms with Crippen molar-refractivity contribution in [1.29, 1.82) is 0 Å². The summed E-state index contributed by atoms with van der Waals surface area (Å²) in [6, 6.07) is 4.97. The van der Waals surface area contributed by atoms with E-state index in [4.69, 9.17) is 4.74 Å². The Kier molecular flexibility index (Phi) is 7.91. The predicted molar refractivity (Wildman–Crippen MR) is 107 cm³/mol. The predicted octanol–water partition coefficient (Wildman–Crippen LogP) is 2.37. The average Bonchev–Trinajstić information content (AvgIpc) is 3.15. The van der Waals surface area contributed by atoms with Gasteiger partial charge in [-0.15, -0.1) is 12.4 Å². The summed E-state index contributed by atoms with van der Waals surface area (Å²) in [6.07, 6.45) is 5.25. The van der Waals surface area contributed by atoms with Crippen LogP contribution in [0.5, 0.6) is 5.75 Å². The fraction of sp³-hybridized carbons (Fsp3) is 0.611. The molecule has 0 aliphatic carbocycles. The van der Waals surface area contributed by atoms with Crippen LogP contribution in [0.15, 0.2) is 23.1 Å². The molecule has 0 radical (unpaired) electrons. The van der Waals surface area contributed by atoms with Crippen LogP contribution in [-0.4, -0.2) is 51.4 Å². The number of ether oxygens (including phenoxy) is 1. The highest BCUT2D eigenvalue weighted by molar-refractivity contribution is 7.89. The number of carbonyl (C=O) groups excluding carboxylic acids is 1. The number of hydrogen-bond donors (Lipinski definition) is 2. The second-order valence-corrected chi connectivity index (χ2v) is 8.78. The molecule has 2 fully saturated rings. The van der Waals surface area contributed by atoms with E-state index in [1.807, 2.05) is 0 Å². The van der Waals surface area contributed by atoms with Crippen molar-refractivity contribution in [2.24, 2.45) is 0 Å². The first-order valence-corrected chi connectivity index (χ1v) is 10.7. The molecule has 2 N–H and O–H groups in total. The Balaban J connectivity index is 0.00000261. The molecule has 1 atom stereocenters. The van der Waals surface area contributed by atoms with E-state index in [2.05, 4.69) is 10.6 Å². The molecular formula is C18H28ClN3O4S. The second kappa shape index (κ2) is 9.73. The third-order valence-corrected chi connectivity index (χ3v) is 6.89. The molecule has 1 unspecified atom stereocenters. The van der Waals surface area contributed by atoms with Crippen LogP contribution in [0.4, 0.5) is 5.69 Å². The van der Waals surface area contributed by atoms with Crippen molar-refractivity contribution in [2.75, 3.05) is 32.1 Å². The average molecular weight is 418 g/mol. The van der Waals surface area contributed by atoms with Crippen LogP contribution in [0.25, 0.3) is 0 Å². The van der Waals surface area contributed by atoms with Crippen LogP contribution in [0.1, 0.15) is 38.5 Å². The van der Waals surface area contributed by atoms with Crippen molar-refractivity contribution in [3.63, 3.8) is 0 Å². The number of anilines is 1. The molecule has 1 aromatic carbocycles. The van der Waals surface area contributed by atoms with Gasteiger partial charge in [-0.3, -0.25) is 4.79 Å². The van der Waals surface area contributed by atoms with E-state index in [1.54, 1.807) is 12.1 Å². The normalized spacial score (nSPS) is 20.7. The fourth-order valence-electron chi connectivity index (χ4n) is 3.57. The lowest BCUT2D eigenvalue weighted by Gasteiger charge is -2.26. The highest BCUT2D eigenvalue weighted by Crippen LogP contribution is 2.31. The van der Waals surface area contributed by atoms with Crippen LogP contribution in [0.3, 0.4) is 0 Å². The van der Waals surface area contributed by atoms with Crippen LogP contribution in [-0.2, 0) is 14.8 Å². The summed E-state index contributed by atoms with van der Waals surface area (Å²) in [7, 11) is -2.19. The van der Waals surface area contributed by atoms with E-state index >= 15 is 0 Å². The van der Waals surface area contributed by atoms with Crippen LogP contribution in [0, 0.1) is 0 Å². The lowest BCUT2D eigenvalue weighted by Crippen LogP contribution is -2.35. The highest BCUT2D eigenvalue weighted by Gasteiger charge is 2.29. The minimum absolute atomic E-state index is 0. The van der Waals surface area contributed by atoms with Crippen molar-refractivity contribution in [2.45, 2.75) is 49.5 Å². The van der Waals surface area contributed by atoms with Gasteiger partial charge in [0, 0.05) is 31.2 Å². The van der Waals surface area contributed by atoms with Crippen molar-refractivity contribution >= 4 is 34.0 Å². The van der Waals surface area contributed by atoms with Gasteiger partial charge >= 0.3 is 0 Å². The number of rotatable bonds is 6. The molecule has 2 aliphatic rings. The molecule has 27 heavy (non-hydrogen) atoms. The number of benzene rings is 1. The summed E-state index contributed by atoms with van der Waals surface area (Å²) < 4.78 is 32.8. The number of halogens is 1. The smallest absolute Gasteiger partial charge is 0.246 e. The van der Waals surface area contributed by atoms with Crippen molar-refractivity contribution < 1.29 is 17.9 Å². The monoisotopic (exact) mass is 417 g/mol.